The zero-order chi connectivity index (χ0) is 28.6. The van der Waals surface area contributed by atoms with Gasteiger partial charge in [0.2, 0.25) is 0 Å². The first-order valence-corrected chi connectivity index (χ1v) is 14.3. The summed E-state index contributed by atoms with van der Waals surface area (Å²) in [5.74, 6) is 1.80. The maximum Gasteiger partial charge on any atom is 0.168 e. The lowest BCUT2D eigenvalue weighted by Crippen LogP contribution is -2.01. The van der Waals surface area contributed by atoms with E-state index in [9.17, 15) is 0 Å². The van der Waals surface area contributed by atoms with Gasteiger partial charge in [0.25, 0.3) is 0 Å². The molecule has 4 nitrogen and oxygen atoms in total. The summed E-state index contributed by atoms with van der Waals surface area (Å²) in [4.78, 5) is 15.1. The minimum Gasteiger partial charge on any atom is -0.455 e. The molecule has 0 aliphatic carbocycles. The zero-order valence-electron chi connectivity index (χ0n) is 23.2. The van der Waals surface area contributed by atoms with Crippen LogP contribution in [0.3, 0.4) is 0 Å². The van der Waals surface area contributed by atoms with Crippen molar-refractivity contribution in [1.29, 1.82) is 0 Å². The minimum atomic E-state index is 0.569. The molecular formula is C39H25N3O. The second-order valence-electron chi connectivity index (χ2n) is 10.4. The predicted molar refractivity (Wildman–Crippen MR) is 174 cm³/mol. The first-order chi connectivity index (χ1) is 21.3. The lowest BCUT2D eigenvalue weighted by molar-refractivity contribution is 0.669. The van der Waals surface area contributed by atoms with Crippen LogP contribution in [0, 0.1) is 0 Å². The fourth-order valence-electron chi connectivity index (χ4n) is 5.64. The van der Waals surface area contributed by atoms with Gasteiger partial charge in [-0.05, 0) is 34.4 Å². The average Bonchev–Trinajstić information content (AvgIpc) is 3.48. The summed E-state index contributed by atoms with van der Waals surface area (Å²) in [6.07, 6.45) is 0. The molecule has 2 heterocycles. The third kappa shape index (κ3) is 4.55. The van der Waals surface area contributed by atoms with Gasteiger partial charge in [0.1, 0.15) is 11.2 Å². The van der Waals surface area contributed by atoms with Crippen molar-refractivity contribution in [3.63, 3.8) is 0 Å². The number of nitrogens with zero attached hydrogens (tertiary/aromatic N) is 3. The molecule has 0 bridgehead atoms. The van der Waals surface area contributed by atoms with E-state index < -0.39 is 0 Å². The minimum absolute atomic E-state index is 0.569. The number of aromatic nitrogens is 3. The smallest absolute Gasteiger partial charge is 0.168 e. The van der Waals surface area contributed by atoms with Crippen LogP contribution in [0.5, 0.6) is 0 Å². The van der Waals surface area contributed by atoms with Crippen LogP contribution in [-0.4, -0.2) is 15.0 Å². The number of hydrogen-bond acceptors (Lipinski definition) is 4. The van der Waals surface area contributed by atoms with E-state index in [0.29, 0.717) is 17.5 Å². The van der Waals surface area contributed by atoms with Crippen molar-refractivity contribution in [3.05, 3.63) is 152 Å². The molecule has 0 radical (unpaired) electrons. The van der Waals surface area contributed by atoms with Crippen molar-refractivity contribution >= 4 is 21.9 Å². The fraction of sp³-hybridized carbons (Fsp3) is 0. The monoisotopic (exact) mass is 551 g/mol. The van der Waals surface area contributed by atoms with E-state index in [0.717, 1.165) is 55.3 Å². The Labute approximate surface area is 249 Å². The molecule has 4 heteroatoms. The molecule has 8 aromatic rings. The van der Waals surface area contributed by atoms with Crippen LogP contribution in [0.1, 0.15) is 0 Å². The molecule has 6 aromatic carbocycles. The average molecular weight is 552 g/mol. The van der Waals surface area contributed by atoms with Gasteiger partial charge in [-0.15, -0.1) is 0 Å². The highest BCUT2D eigenvalue weighted by Gasteiger charge is 2.22. The van der Waals surface area contributed by atoms with Crippen LogP contribution in [0.25, 0.3) is 78.4 Å². The topological polar surface area (TPSA) is 51.8 Å². The number of benzene rings is 6. The Morgan fingerprint density at radius 2 is 0.837 bits per heavy atom. The molecule has 2 aromatic heterocycles. The zero-order valence-corrected chi connectivity index (χ0v) is 23.2. The molecule has 0 atom stereocenters. The molecule has 0 fully saturated rings. The number of furan rings is 1. The highest BCUT2D eigenvalue weighted by molar-refractivity contribution is 6.12. The van der Waals surface area contributed by atoms with E-state index in [1.807, 2.05) is 84.9 Å². The molecule has 43 heavy (non-hydrogen) atoms. The third-order valence-corrected chi connectivity index (χ3v) is 7.77. The molecule has 0 aliphatic rings. The van der Waals surface area contributed by atoms with E-state index in [-0.39, 0.29) is 0 Å². The molecule has 0 N–H and O–H groups in total. The molecule has 0 unspecified atom stereocenters. The molecule has 0 spiro atoms. The van der Waals surface area contributed by atoms with E-state index in [2.05, 4.69) is 66.7 Å². The van der Waals surface area contributed by atoms with Crippen molar-refractivity contribution in [2.45, 2.75) is 0 Å². The summed E-state index contributed by atoms with van der Waals surface area (Å²) in [5, 5.41) is 2.09. The summed E-state index contributed by atoms with van der Waals surface area (Å²) in [6.45, 7) is 0. The van der Waals surface area contributed by atoms with Crippen LogP contribution in [0.2, 0.25) is 0 Å². The normalized spacial score (nSPS) is 11.3. The van der Waals surface area contributed by atoms with Crippen molar-refractivity contribution in [2.24, 2.45) is 0 Å². The van der Waals surface area contributed by atoms with Gasteiger partial charge in [-0.25, -0.2) is 15.0 Å². The summed E-state index contributed by atoms with van der Waals surface area (Å²) in [6, 6.07) is 51.6. The largest absolute Gasteiger partial charge is 0.455 e. The Hall–Kier alpha value is -5.87. The van der Waals surface area contributed by atoms with Crippen molar-refractivity contribution in [2.75, 3.05) is 0 Å². The molecular weight excluding hydrogens is 526 g/mol. The van der Waals surface area contributed by atoms with Crippen LogP contribution < -0.4 is 0 Å². The van der Waals surface area contributed by atoms with Gasteiger partial charge in [-0.3, -0.25) is 0 Å². The number of rotatable bonds is 5. The maximum absolute atomic E-state index is 6.58. The Bertz CT molecular complexity index is 2150. The summed E-state index contributed by atoms with van der Waals surface area (Å²) < 4.78 is 6.58. The van der Waals surface area contributed by atoms with E-state index in [1.54, 1.807) is 0 Å². The first-order valence-electron chi connectivity index (χ1n) is 14.3. The molecule has 202 valence electrons. The molecule has 8 rings (SSSR count). The van der Waals surface area contributed by atoms with E-state index >= 15 is 0 Å². The maximum atomic E-state index is 6.58. The van der Waals surface area contributed by atoms with Crippen LogP contribution in [0.4, 0.5) is 0 Å². The fourth-order valence-corrected chi connectivity index (χ4v) is 5.64. The summed E-state index contributed by atoms with van der Waals surface area (Å²) >= 11 is 0. The lowest BCUT2D eigenvalue weighted by atomic mass is 9.94. The summed E-state index contributed by atoms with van der Waals surface area (Å²) in [7, 11) is 0. The van der Waals surface area contributed by atoms with Gasteiger partial charge < -0.3 is 4.42 Å². The van der Waals surface area contributed by atoms with Gasteiger partial charge in [0.05, 0.1) is 5.56 Å². The Morgan fingerprint density at radius 3 is 1.47 bits per heavy atom. The molecule has 0 saturated heterocycles. The number of hydrogen-bond donors (Lipinski definition) is 0. The molecule has 0 saturated carbocycles. The van der Waals surface area contributed by atoms with Gasteiger partial charge in [-0.1, -0.05) is 140 Å². The predicted octanol–water partition coefficient (Wildman–Crippen LogP) is 10.1. The van der Waals surface area contributed by atoms with Gasteiger partial charge in [0.15, 0.2) is 17.5 Å². The van der Waals surface area contributed by atoms with Crippen molar-refractivity contribution in [1.82, 2.24) is 15.0 Å². The molecule has 0 aliphatic heterocycles. The highest BCUT2D eigenvalue weighted by Crippen LogP contribution is 2.42. The number of fused-ring (bicyclic) bond motifs is 3. The second kappa shape index (κ2) is 10.5. The van der Waals surface area contributed by atoms with Crippen LogP contribution in [0.15, 0.2) is 156 Å². The Kier molecular flexibility index (Phi) is 6.08. The molecule has 0 amide bonds. The van der Waals surface area contributed by atoms with E-state index in [1.165, 1.54) is 5.56 Å². The standard InChI is InChI=1S/C39H25N3O/c1-4-12-26(13-5-1)27-20-22-28(23-21-27)31-24-25-33-32-18-10-11-19-34(32)43-36(33)35(31)39-41-37(29-14-6-2-7-15-29)40-38(42-39)30-16-8-3-9-17-30/h1-25H. The number of para-hydroxylation sites is 1. The quantitative estimate of drug-likeness (QED) is 0.214. The lowest BCUT2D eigenvalue weighted by Gasteiger charge is -2.13. The SMILES string of the molecule is c1ccc(-c2ccc(-c3ccc4c(oc5ccccc54)c3-c3nc(-c4ccccc4)nc(-c4ccccc4)n3)cc2)cc1. The van der Waals surface area contributed by atoms with Gasteiger partial charge in [0, 0.05) is 21.9 Å². The highest BCUT2D eigenvalue weighted by atomic mass is 16.3. The van der Waals surface area contributed by atoms with Gasteiger partial charge in [-0.2, -0.15) is 0 Å². The van der Waals surface area contributed by atoms with Crippen molar-refractivity contribution in [3.8, 4) is 56.4 Å². The van der Waals surface area contributed by atoms with Gasteiger partial charge >= 0.3 is 0 Å². The summed E-state index contributed by atoms with van der Waals surface area (Å²) in [5.41, 5.74) is 8.68. The third-order valence-electron chi connectivity index (χ3n) is 7.77. The van der Waals surface area contributed by atoms with Crippen molar-refractivity contribution < 1.29 is 4.42 Å². The van der Waals surface area contributed by atoms with E-state index in [4.69, 9.17) is 19.4 Å². The Balaban J connectivity index is 1.40. The first kappa shape index (κ1) is 24.9. The van der Waals surface area contributed by atoms with Crippen LogP contribution in [-0.2, 0) is 0 Å². The second-order valence-corrected chi connectivity index (χ2v) is 10.4. The Morgan fingerprint density at radius 1 is 0.349 bits per heavy atom. The van der Waals surface area contributed by atoms with Crippen LogP contribution >= 0.6 is 0 Å².